The van der Waals surface area contributed by atoms with Crippen molar-refractivity contribution < 1.29 is 0 Å². The highest BCUT2D eigenvalue weighted by Gasteiger charge is 2.61. The zero-order valence-electron chi connectivity index (χ0n) is 35.7. The molecule has 0 heterocycles. The average molecular weight is 798 g/mol. The normalized spacial score (nSPS) is 22.9. The highest BCUT2D eigenvalue weighted by Crippen LogP contribution is 2.70. The quantitative estimate of drug-likeness (QED) is 0.162. The lowest BCUT2D eigenvalue weighted by atomic mass is 9.43. The van der Waals surface area contributed by atoms with Gasteiger partial charge >= 0.3 is 0 Å². The van der Waals surface area contributed by atoms with Crippen LogP contribution in [0.15, 0.2) is 188 Å². The molecule has 8 aromatic carbocycles. The van der Waals surface area contributed by atoms with Crippen molar-refractivity contribution in [2.75, 3.05) is 4.90 Å². The van der Waals surface area contributed by atoms with Crippen LogP contribution in [0.4, 0.5) is 17.1 Å². The Labute approximate surface area is 366 Å². The van der Waals surface area contributed by atoms with Crippen LogP contribution in [0.2, 0.25) is 0 Å². The van der Waals surface area contributed by atoms with Crippen molar-refractivity contribution in [3.8, 4) is 55.6 Å². The van der Waals surface area contributed by atoms with Crippen molar-refractivity contribution in [2.45, 2.75) is 56.8 Å². The third kappa shape index (κ3) is 5.21. The Bertz CT molecular complexity index is 2960. The zero-order valence-corrected chi connectivity index (χ0v) is 35.7. The number of anilines is 3. The van der Waals surface area contributed by atoms with E-state index >= 15 is 0 Å². The molecule has 0 unspecified atom stereocenters. The van der Waals surface area contributed by atoms with Crippen LogP contribution in [0.3, 0.4) is 0 Å². The minimum absolute atomic E-state index is 0.0727. The predicted octanol–water partition coefficient (Wildman–Crippen LogP) is 16.2. The van der Waals surface area contributed by atoms with Crippen LogP contribution in [0.1, 0.15) is 68.2 Å². The molecule has 4 fully saturated rings. The van der Waals surface area contributed by atoms with Gasteiger partial charge in [-0.25, -0.2) is 0 Å². The lowest BCUT2D eigenvalue weighted by Gasteiger charge is -2.61. The summed E-state index contributed by atoms with van der Waals surface area (Å²) in [6.07, 6.45) is 6.94. The number of hydrogen-bond donors (Lipinski definition) is 0. The summed E-state index contributed by atoms with van der Waals surface area (Å²) in [6.45, 7) is 4.80. The minimum atomic E-state index is -0.123. The summed E-state index contributed by atoms with van der Waals surface area (Å²) < 4.78 is 0. The second-order valence-corrected chi connectivity index (χ2v) is 19.7. The first-order valence-corrected chi connectivity index (χ1v) is 23.1. The molecule has 300 valence electrons. The highest BCUT2D eigenvalue weighted by atomic mass is 15.1. The maximum Gasteiger partial charge on any atom is 0.0473 e. The lowest BCUT2D eigenvalue weighted by Crippen LogP contribution is -2.55. The van der Waals surface area contributed by atoms with E-state index in [4.69, 9.17) is 0 Å². The molecule has 0 amide bonds. The fourth-order valence-electron chi connectivity index (χ4n) is 13.9. The predicted molar refractivity (Wildman–Crippen MR) is 258 cm³/mol. The van der Waals surface area contributed by atoms with E-state index in [0.717, 1.165) is 17.5 Å². The monoisotopic (exact) mass is 797 g/mol. The van der Waals surface area contributed by atoms with Crippen LogP contribution in [-0.4, -0.2) is 0 Å². The molecule has 6 aliphatic carbocycles. The van der Waals surface area contributed by atoms with Crippen molar-refractivity contribution >= 4 is 17.1 Å². The number of fused-ring (bicyclic) bond motifs is 6. The van der Waals surface area contributed by atoms with Gasteiger partial charge in [-0.05, 0) is 176 Å². The van der Waals surface area contributed by atoms with E-state index in [1.165, 1.54) is 110 Å². The molecule has 0 saturated heterocycles. The second kappa shape index (κ2) is 13.5. The highest BCUT2D eigenvalue weighted by molar-refractivity contribution is 5.96. The van der Waals surface area contributed by atoms with E-state index in [1.807, 2.05) is 0 Å². The first-order valence-electron chi connectivity index (χ1n) is 23.1. The molecule has 6 aliphatic rings. The second-order valence-electron chi connectivity index (χ2n) is 19.7. The van der Waals surface area contributed by atoms with Crippen LogP contribution < -0.4 is 4.90 Å². The van der Waals surface area contributed by atoms with E-state index in [1.54, 1.807) is 11.1 Å². The van der Waals surface area contributed by atoms with Crippen molar-refractivity contribution in [1.82, 2.24) is 0 Å². The maximum atomic E-state index is 2.60. The van der Waals surface area contributed by atoms with Crippen LogP contribution in [0.25, 0.3) is 55.6 Å². The Morgan fingerprint density at radius 3 is 1.55 bits per heavy atom. The Kier molecular flexibility index (Phi) is 7.91. The Hall–Kier alpha value is -6.44. The summed E-state index contributed by atoms with van der Waals surface area (Å²) in [7, 11) is 0. The van der Waals surface area contributed by atoms with Gasteiger partial charge in [-0.1, -0.05) is 159 Å². The zero-order chi connectivity index (χ0) is 41.2. The van der Waals surface area contributed by atoms with Crippen LogP contribution in [0, 0.1) is 23.7 Å². The molecule has 1 spiro atoms. The molecule has 4 saturated carbocycles. The summed E-state index contributed by atoms with van der Waals surface area (Å²) in [5.74, 6) is 3.19. The van der Waals surface area contributed by atoms with Gasteiger partial charge in [-0.3, -0.25) is 0 Å². The smallest absolute Gasteiger partial charge is 0.0473 e. The van der Waals surface area contributed by atoms with Gasteiger partial charge in [0.1, 0.15) is 0 Å². The maximum absolute atomic E-state index is 2.60. The SMILES string of the molecule is CC1(C)c2ccccc2-c2ccc(N(c3cc(-c4ccccc4)cc(-c4ccccc4)c3)c3ccc4c(c3)-c3c(-c5ccccc5)cccc3C43C4CC5CC(C4)CC3C5)cc21. The van der Waals surface area contributed by atoms with Gasteiger partial charge < -0.3 is 4.90 Å². The van der Waals surface area contributed by atoms with Crippen LogP contribution in [-0.2, 0) is 10.8 Å². The van der Waals surface area contributed by atoms with Crippen LogP contribution in [0.5, 0.6) is 0 Å². The van der Waals surface area contributed by atoms with Crippen LogP contribution >= 0.6 is 0 Å². The number of nitrogens with zero attached hydrogens (tertiary/aromatic N) is 1. The molecule has 62 heavy (non-hydrogen) atoms. The summed E-state index contributed by atoms with van der Waals surface area (Å²) in [5.41, 5.74) is 22.6. The topological polar surface area (TPSA) is 3.24 Å². The molecular weight excluding hydrogens is 747 g/mol. The molecule has 1 nitrogen and oxygen atoms in total. The van der Waals surface area contributed by atoms with Crippen molar-refractivity contribution in [3.63, 3.8) is 0 Å². The molecule has 4 bridgehead atoms. The van der Waals surface area contributed by atoms with Crippen molar-refractivity contribution in [3.05, 3.63) is 210 Å². The molecule has 0 atom stereocenters. The molecule has 8 aromatic rings. The van der Waals surface area contributed by atoms with Gasteiger partial charge in [-0.2, -0.15) is 0 Å². The fraction of sp³-hybridized carbons (Fsp3) is 0.213. The summed E-state index contributed by atoms with van der Waals surface area (Å²) in [4.78, 5) is 2.57. The van der Waals surface area contributed by atoms with Crippen molar-refractivity contribution in [2.24, 2.45) is 23.7 Å². The summed E-state index contributed by atoms with van der Waals surface area (Å²) in [6, 6.07) is 71.5. The number of rotatable bonds is 6. The molecule has 14 rings (SSSR count). The minimum Gasteiger partial charge on any atom is -0.310 e. The third-order valence-corrected chi connectivity index (χ3v) is 16.2. The van der Waals surface area contributed by atoms with Gasteiger partial charge in [0.2, 0.25) is 0 Å². The Morgan fingerprint density at radius 2 is 0.887 bits per heavy atom. The van der Waals surface area contributed by atoms with Gasteiger partial charge in [0, 0.05) is 27.9 Å². The van der Waals surface area contributed by atoms with Gasteiger partial charge in [0.15, 0.2) is 0 Å². The molecule has 0 aliphatic heterocycles. The largest absolute Gasteiger partial charge is 0.310 e. The molecule has 0 aromatic heterocycles. The van der Waals surface area contributed by atoms with Gasteiger partial charge in [-0.15, -0.1) is 0 Å². The molecule has 1 heteroatoms. The Morgan fingerprint density at radius 1 is 0.355 bits per heavy atom. The Balaban J connectivity index is 1.07. The van der Waals surface area contributed by atoms with Crippen molar-refractivity contribution in [1.29, 1.82) is 0 Å². The third-order valence-electron chi connectivity index (χ3n) is 16.2. The standard InChI is InChI=1S/C61H51N/c1-60(2)55-23-13-12-21-52(55)53-27-25-49(38-58(53)60)62(50-35-44(41-15-6-3-7-16-41)34-45(36-50)42-17-8-4-9-18-42)48-26-28-56-54(37-48)59-51(43-19-10-5-11-20-43)22-14-24-57(59)61(56)46-30-39-29-40(32-46)33-47(61)31-39/h3-28,34-40,46-47H,29-33H2,1-2H3. The first-order chi connectivity index (χ1) is 30.4. The number of hydrogen-bond acceptors (Lipinski definition) is 1. The first kappa shape index (κ1) is 36.2. The summed E-state index contributed by atoms with van der Waals surface area (Å²) >= 11 is 0. The van der Waals surface area contributed by atoms with E-state index in [-0.39, 0.29) is 10.8 Å². The molecule has 0 radical (unpaired) electrons. The fourth-order valence-corrected chi connectivity index (χ4v) is 13.9. The summed E-state index contributed by atoms with van der Waals surface area (Å²) in [5, 5.41) is 0. The average Bonchev–Trinajstić information content (AvgIpc) is 3.74. The van der Waals surface area contributed by atoms with E-state index < -0.39 is 0 Å². The van der Waals surface area contributed by atoms with E-state index in [9.17, 15) is 0 Å². The van der Waals surface area contributed by atoms with Gasteiger partial charge in [0.05, 0.1) is 0 Å². The van der Waals surface area contributed by atoms with E-state index in [0.29, 0.717) is 11.8 Å². The molecular formula is C61H51N. The lowest BCUT2D eigenvalue weighted by molar-refractivity contribution is -0.0399. The van der Waals surface area contributed by atoms with Gasteiger partial charge in [0.25, 0.3) is 0 Å². The number of benzene rings is 8. The van der Waals surface area contributed by atoms with E-state index in [2.05, 4.69) is 207 Å². The molecule has 0 N–H and O–H groups in total.